The predicted octanol–water partition coefficient (Wildman–Crippen LogP) is 4.39. The van der Waals surface area contributed by atoms with Crippen molar-refractivity contribution in [3.8, 4) is 11.1 Å². The molecule has 4 heterocycles. The summed E-state index contributed by atoms with van der Waals surface area (Å²) in [6.45, 7) is 4.22. The molecule has 0 spiro atoms. The number of aromatic nitrogens is 3. The molecule has 2 aliphatic rings. The Morgan fingerprint density at radius 2 is 1.77 bits per heavy atom. The molecule has 0 bridgehead atoms. The van der Waals surface area contributed by atoms with Gasteiger partial charge in [0.25, 0.3) is 11.7 Å². The van der Waals surface area contributed by atoms with E-state index in [2.05, 4.69) is 25.1 Å². The van der Waals surface area contributed by atoms with Crippen molar-refractivity contribution in [1.82, 2.24) is 14.5 Å². The summed E-state index contributed by atoms with van der Waals surface area (Å²) in [6, 6.07) is 17.7. The van der Waals surface area contributed by atoms with Crippen molar-refractivity contribution in [2.75, 3.05) is 34.8 Å². The topological polar surface area (TPSA) is 83.4 Å². The quantitative estimate of drug-likeness (QED) is 0.308. The average molecular weight is 525 g/mol. The lowest BCUT2D eigenvalue weighted by Gasteiger charge is -2.24. The number of hydrogen-bond acceptors (Lipinski definition) is 6. The van der Waals surface area contributed by atoms with Gasteiger partial charge < -0.3 is 19.7 Å². The number of amides is 1. The number of fused-ring (bicyclic) bond motifs is 3. The summed E-state index contributed by atoms with van der Waals surface area (Å²) in [5, 5.41) is 2.84. The second-order valence-corrected chi connectivity index (χ2v) is 10.1. The van der Waals surface area contributed by atoms with Gasteiger partial charge >= 0.3 is 0 Å². The fourth-order valence-corrected chi connectivity index (χ4v) is 5.68. The zero-order valence-corrected chi connectivity index (χ0v) is 21.9. The number of halogens is 1. The van der Waals surface area contributed by atoms with Crippen LogP contribution in [0.5, 0.6) is 0 Å². The molecule has 39 heavy (non-hydrogen) atoms. The number of carbonyl (C=O) groups is 2. The third kappa shape index (κ3) is 4.65. The van der Waals surface area contributed by atoms with Crippen molar-refractivity contribution in [3.05, 3.63) is 89.8 Å². The minimum Gasteiger partial charge on any atom is -0.366 e. The van der Waals surface area contributed by atoms with Gasteiger partial charge in [0.15, 0.2) is 5.82 Å². The first-order valence-corrected chi connectivity index (χ1v) is 13.1. The maximum absolute atomic E-state index is 13.3. The number of rotatable bonds is 5. The highest BCUT2D eigenvalue weighted by Crippen LogP contribution is 2.37. The fourth-order valence-electron chi connectivity index (χ4n) is 5.68. The van der Waals surface area contributed by atoms with Crippen molar-refractivity contribution in [2.24, 2.45) is 7.05 Å². The maximum atomic E-state index is 13.3. The molecule has 8 nitrogen and oxygen atoms in total. The van der Waals surface area contributed by atoms with Crippen LogP contribution in [0, 0.1) is 12.7 Å². The predicted molar refractivity (Wildman–Crippen MR) is 149 cm³/mol. The third-order valence-corrected chi connectivity index (χ3v) is 7.75. The third-order valence-electron chi connectivity index (χ3n) is 7.75. The smallest absolute Gasteiger partial charge is 0.298 e. The van der Waals surface area contributed by atoms with E-state index >= 15 is 0 Å². The van der Waals surface area contributed by atoms with Crippen LogP contribution in [0.3, 0.4) is 0 Å². The van der Waals surface area contributed by atoms with Gasteiger partial charge in [-0.05, 0) is 55.2 Å². The van der Waals surface area contributed by atoms with Crippen LogP contribution in [0.1, 0.15) is 28.2 Å². The van der Waals surface area contributed by atoms with Crippen LogP contribution in [0.25, 0.3) is 11.1 Å². The summed E-state index contributed by atoms with van der Waals surface area (Å²) in [7, 11) is 1.81. The van der Waals surface area contributed by atoms with Crippen molar-refractivity contribution in [1.29, 1.82) is 0 Å². The van der Waals surface area contributed by atoms with Crippen LogP contribution in [0.2, 0.25) is 0 Å². The monoisotopic (exact) mass is 524 g/mol. The minimum absolute atomic E-state index is 0.317. The number of carbonyl (C=O) groups excluding carboxylic acids is 2. The molecular formula is C30H29FN6O2. The van der Waals surface area contributed by atoms with Crippen molar-refractivity contribution < 1.29 is 14.0 Å². The number of ketones is 1. The number of Topliss-reactive ketones (excluding diaryl/α,β-unsaturated/α-hetero) is 1. The summed E-state index contributed by atoms with van der Waals surface area (Å²) >= 11 is 0. The molecule has 2 aromatic carbocycles. The normalized spacial score (nSPS) is 16.4. The lowest BCUT2D eigenvalue weighted by atomic mass is 10.0. The van der Waals surface area contributed by atoms with Crippen LogP contribution in [0.15, 0.2) is 67.0 Å². The fraction of sp³-hybridized carbons (Fsp3) is 0.267. The van der Waals surface area contributed by atoms with Gasteiger partial charge in [-0.1, -0.05) is 30.3 Å². The van der Waals surface area contributed by atoms with Gasteiger partial charge in [0, 0.05) is 55.4 Å². The van der Waals surface area contributed by atoms with Gasteiger partial charge in [0.1, 0.15) is 5.69 Å². The van der Waals surface area contributed by atoms with E-state index in [-0.39, 0.29) is 0 Å². The zero-order valence-electron chi connectivity index (χ0n) is 21.9. The summed E-state index contributed by atoms with van der Waals surface area (Å²) in [4.78, 5) is 39.2. The lowest BCUT2D eigenvalue weighted by Crippen LogP contribution is -2.33. The molecule has 0 aliphatic carbocycles. The van der Waals surface area contributed by atoms with E-state index in [0.717, 1.165) is 60.5 Å². The highest BCUT2D eigenvalue weighted by molar-refractivity contribution is 6.47. The molecule has 1 fully saturated rings. The number of nitrogens with one attached hydrogen (secondary N) is 1. The van der Waals surface area contributed by atoms with E-state index in [1.807, 2.05) is 61.5 Å². The Morgan fingerprint density at radius 1 is 1.00 bits per heavy atom. The van der Waals surface area contributed by atoms with Crippen LogP contribution < -0.4 is 15.1 Å². The van der Waals surface area contributed by atoms with Crippen molar-refractivity contribution in [2.45, 2.75) is 25.8 Å². The molecule has 2 aromatic heterocycles. The summed E-state index contributed by atoms with van der Waals surface area (Å²) in [5.74, 6) is -1.12. The highest BCUT2D eigenvalue weighted by Gasteiger charge is 2.33. The van der Waals surface area contributed by atoms with Gasteiger partial charge in [-0.25, -0.2) is 14.4 Å². The van der Waals surface area contributed by atoms with Crippen LogP contribution in [0.4, 0.5) is 21.7 Å². The number of benzene rings is 2. The van der Waals surface area contributed by atoms with Crippen LogP contribution in [-0.2, 0) is 18.3 Å². The molecule has 1 N–H and O–H groups in total. The molecule has 1 amide bonds. The summed E-state index contributed by atoms with van der Waals surface area (Å²) in [6.07, 6.45) is 4.15. The van der Waals surface area contributed by atoms with E-state index in [1.165, 1.54) is 12.4 Å². The molecule has 0 unspecified atom stereocenters. The Kier molecular flexibility index (Phi) is 6.34. The standard InChI is InChI=1S/C30H29FN6O2/c1-19-14-25(20-6-4-3-5-7-20)27(35(19)2)28(38)29(39)34-23-8-9-26-21(15-23)16-24-10-11-36(12-13-37(24)26)30-32-17-22(31)18-33-30/h3-9,14-15,17-18,24H,10-13,16H2,1-2H3,(H,34,39)/t24-/m1/s1. The molecule has 1 atom stereocenters. The molecular weight excluding hydrogens is 495 g/mol. The Morgan fingerprint density at radius 3 is 2.54 bits per heavy atom. The molecule has 9 heteroatoms. The lowest BCUT2D eigenvalue weighted by molar-refractivity contribution is -0.112. The van der Waals surface area contributed by atoms with Gasteiger partial charge in [-0.15, -0.1) is 0 Å². The van der Waals surface area contributed by atoms with E-state index in [1.54, 1.807) is 11.6 Å². The molecule has 1 saturated heterocycles. The van der Waals surface area contributed by atoms with E-state index < -0.39 is 17.5 Å². The average Bonchev–Trinajstić information content (AvgIpc) is 3.36. The van der Waals surface area contributed by atoms with Crippen molar-refractivity contribution in [3.63, 3.8) is 0 Å². The Hall–Kier alpha value is -4.53. The summed E-state index contributed by atoms with van der Waals surface area (Å²) in [5.41, 5.74) is 5.81. The number of aryl methyl sites for hydroxylation is 1. The van der Waals surface area contributed by atoms with Crippen LogP contribution >= 0.6 is 0 Å². The van der Waals surface area contributed by atoms with E-state index in [0.29, 0.717) is 23.4 Å². The zero-order chi connectivity index (χ0) is 27.1. The summed E-state index contributed by atoms with van der Waals surface area (Å²) < 4.78 is 15.0. The van der Waals surface area contributed by atoms with Gasteiger partial charge in [0.05, 0.1) is 12.4 Å². The minimum atomic E-state index is -0.657. The largest absolute Gasteiger partial charge is 0.366 e. The highest BCUT2D eigenvalue weighted by atomic mass is 19.1. The Balaban J connectivity index is 1.17. The van der Waals surface area contributed by atoms with Gasteiger partial charge in [0.2, 0.25) is 5.95 Å². The van der Waals surface area contributed by atoms with Gasteiger partial charge in [-0.2, -0.15) is 0 Å². The number of nitrogens with zero attached hydrogens (tertiary/aromatic N) is 5. The first-order chi connectivity index (χ1) is 18.9. The molecule has 6 rings (SSSR count). The molecule has 0 radical (unpaired) electrons. The first-order valence-electron chi connectivity index (χ1n) is 13.1. The number of hydrogen-bond donors (Lipinski definition) is 1. The second-order valence-electron chi connectivity index (χ2n) is 10.1. The first kappa shape index (κ1) is 24.8. The maximum Gasteiger partial charge on any atom is 0.298 e. The number of anilines is 3. The molecule has 0 saturated carbocycles. The SMILES string of the molecule is Cc1cc(-c2ccccc2)c(C(=O)C(=O)Nc2ccc3c(c2)C[C@H]2CCN(c4ncc(F)cn4)CCN32)n1C. The van der Waals surface area contributed by atoms with Gasteiger partial charge in [-0.3, -0.25) is 9.59 Å². The second kappa shape index (κ2) is 9.98. The Labute approximate surface area is 226 Å². The Bertz CT molecular complexity index is 1550. The molecule has 198 valence electrons. The van der Waals surface area contributed by atoms with Crippen molar-refractivity contribution >= 4 is 29.0 Å². The van der Waals surface area contributed by atoms with Crippen LogP contribution in [-0.4, -0.2) is 51.9 Å². The van der Waals surface area contributed by atoms with E-state index in [9.17, 15) is 14.0 Å². The molecule has 2 aliphatic heterocycles. The molecule has 4 aromatic rings. The van der Waals surface area contributed by atoms with E-state index in [4.69, 9.17) is 0 Å².